The van der Waals surface area contributed by atoms with E-state index in [1.807, 2.05) is 6.07 Å². The third-order valence-electron chi connectivity index (χ3n) is 4.81. The van der Waals surface area contributed by atoms with Crippen LogP contribution in [0.2, 0.25) is 5.02 Å². The van der Waals surface area contributed by atoms with E-state index in [1.165, 1.54) is 38.1 Å². The molecule has 186 valence electrons. The topological polar surface area (TPSA) is 76.4 Å². The van der Waals surface area contributed by atoms with Crippen molar-refractivity contribution in [3.05, 3.63) is 64.2 Å². The van der Waals surface area contributed by atoms with Crippen LogP contribution in [0, 0.1) is 11.3 Å². The number of rotatable bonds is 4. The standard InChI is InChI=1S/C15H10ClF3N2.C8H15NO2.CH3F/c16-14-7-12(6-5-10(14)8-20)21-9-11-3-1-2-4-13(11)15(17,18)19;1-8(2,11)7(10)9-5-3-4-6-9;1-2/h1-7,21H,9H2;11H,3-6H2,1-2H3;1H3. The smallest absolute Gasteiger partial charge is 0.381 e. The van der Waals surface area contributed by atoms with Gasteiger partial charge in [0, 0.05) is 25.3 Å². The quantitative estimate of drug-likeness (QED) is 0.518. The predicted molar refractivity (Wildman–Crippen MR) is 124 cm³/mol. The van der Waals surface area contributed by atoms with Crippen LogP contribution in [0.5, 0.6) is 0 Å². The van der Waals surface area contributed by atoms with E-state index in [4.69, 9.17) is 16.9 Å². The van der Waals surface area contributed by atoms with Gasteiger partial charge in [-0.15, -0.1) is 0 Å². The number of likely N-dealkylation sites (tertiary alicyclic amines) is 1. The van der Waals surface area contributed by atoms with Gasteiger partial charge in [-0.25, -0.2) is 0 Å². The molecule has 0 radical (unpaired) electrons. The molecule has 1 amide bonds. The number of halogens is 5. The predicted octanol–water partition coefficient (Wildman–Crippen LogP) is 5.81. The molecule has 10 heteroatoms. The molecule has 1 heterocycles. The summed E-state index contributed by atoms with van der Waals surface area (Å²) in [7, 11) is 0.500. The molecular weight excluding hydrogens is 474 g/mol. The number of nitrogens with zero attached hydrogens (tertiary/aromatic N) is 2. The molecule has 0 spiro atoms. The lowest BCUT2D eigenvalue weighted by atomic mass is 10.1. The van der Waals surface area contributed by atoms with Gasteiger partial charge in [0.25, 0.3) is 5.91 Å². The Kier molecular flexibility index (Phi) is 11.3. The lowest BCUT2D eigenvalue weighted by Crippen LogP contribution is -2.43. The first-order chi connectivity index (χ1) is 15.9. The van der Waals surface area contributed by atoms with Crippen molar-refractivity contribution >= 4 is 23.2 Å². The van der Waals surface area contributed by atoms with Gasteiger partial charge in [0.15, 0.2) is 0 Å². The second-order valence-corrected chi connectivity index (χ2v) is 8.28. The molecule has 5 nitrogen and oxygen atoms in total. The maximum Gasteiger partial charge on any atom is 0.416 e. The number of hydrogen-bond donors (Lipinski definition) is 2. The van der Waals surface area contributed by atoms with E-state index in [9.17, 15) is 27.5 Å². The molecule has 1 fully saturated rings. The summed E-state index contributed by atoms with van der Waals surface area (Å²) in [6.07, 6.45) is -2.25. The van der Waals surface area contributed by atoms with Crippen molar-refractivity contribution in [3.8, 4) is 6.07 Å². The number of carbonyl (C=O) groups is 1. The average molecular weight is 502 g/mol. The van der Waals surface area contributed by atoms with Crippen LogP contribution in [0.3, 0.4) is 0 Å². The minimum absolute atomic E-state index is 0.0118. The molecule has 0 saturated carbocycles. The van der Waals surface area contributed by atoms with Crippen LogP contribution in [0.25, 0.3) is 0 Å². The summed E-state index contributed by atoms with van der Waals surface area (Å²) in [5.41, 5.74) is -0.846. The minimum atomic E-state index is -4.39. The van der Waals surface area contributed by atoms with E-state index in [-0.39, 0.29) is 23.0 Å². The van der Waals surface area contributed by atoms with E-state index in [1.54, 1.807) is 17.0 Å². The van der Waals surface area contributed by atoms with Crippen molar-refractivity contribution in [1.82, 2.24) is 4.90 Å². The van der Waals surface area contributed by atoms with Gasteiger partial charge in [-0.2, -0.15) is 18.4 Å². The number of carbonyl (C=O) groups excluding carboxylic acids is 1. The van der Waals surface area contributed by atoms with Crippen molar-refractivity contribution in [2.45, 2.75) is 45.0 Å². The normalized spacial score (nSPS) is 13.1. The van der Waals surface area contributed by atoms with Crippen LogP contribution in [0.1, 0.15) is 43.4 Å². The third-order valence-corrected chi connectivity index (χ3v) is 5.12. The number of benzene rings is 2. The van der Waals surface area contributed by atoms with Crippen molar-refractivity contribution in [2.24, 2.45) is 0 Å². The van der Waals surface area contributed by atoms with Crippen molar-refractivity contribution in [3.63, 3.8) is 0 Å². The molecular formula is C24H28ClF4N3O2. The van der Waals surface area contributed by atoms with Crippen LogP contribution in [0.4, 0.5) is 23.2 Å². The second kappa shape index (κ2) is 13.2. The SMILES string of the molecule is CC(C)(O)C(=O)N1CCCC1.CF.N#Cc1ccc(NCc2ccccc2C(F)(F)F)cc1Cl. The number of hydrogen-bond acceptors (Lipinski definition) is 4. The third kappa shape index (κ3) is 8.84. The van der Waals surface area contributed by atoms with Crippen LogP contribution in [0.15, 0.2) is 42.5 Å². The molecule has 1 saturated heterocycles. The lowest BCUT2D eigenvalue weighted by Gasteiger charge is -2.23. The number of nitrogens with one attached hydrogen (secondary N) is 1. The van der Waals surface area contributed by atoms with Gasteiger partial charge >= 0.3 is 6.18 Å². The summed E-state index contributed by atoms with van der Waals surface area (Å²) in [6, 6.07) is 11.9. The van der Waals surface area contributed by atoms with Crippen LogP contribution in [-0.2, 0) is 17.5 Å². The largest absolute Gasteiger partial charge is 0.416 e. The van der Waals surface area contributed by atoms with Gasteiger partial charge < -0.3 is 15.3 Å². The molecule has 0 atom stereocenters. The zero-order valence-electron chi connectivity index (χ0n) is 19.2. The van der Waals surface area contributed by atoms with E-state index in [2.05, 4.69) is 5.32 Å². The summed E-state index contributed by atoms with van der Waals surface area (Å²) in [4.78, 5) is 13.1. The van der Waals surface area contributed by atoms with E-state index >= 15 is 0 Å². The number of amides is 1. The summed E-state index contributed by atoms with van der Waals surface area (Å²) < 4.78 is 48.1. The maximum atomic E-state index is 12.9. The Bertz CT molecular complexity index is 979. The highest BCUT2D eigenvalue weighted by molar-refractivity contribution is 6.32. The highest BCUT2D eigenvalue weighted by Crippen LogP contribution is 2.32. The molecule has 0 bridgehead atoms. The Morgan fingerprint density at radius 1 is 1.15 bits per heavy atom. The molecule has 2 N–H and O–H groups in total. The number of nitriles is 1. The highest BCUT2D eigenvalue weighted by Gasteiger charge is 2.32. The van der Waals surface area contributed by atoms with E-state index in [0.29, 0.717) is 18.4 Å². The Labute approximate surface area is 201 Å². The van der Waals surface area contributed by atoms with Gasteiger partial charge in [0.05, 0.1) is 23.3 Å². The monoisotopic (exact) mass is 501 g/mol. The van der Waals surface area contributed by atoms with E-state index < -0.39 is 17.3 Å². The fourth-order valence-corrected chi connectivity index (χ4v) is 3.39. The summed E-state index contributed by atoms with van der Waals surface area (Å²) in [6.45, 7) is 4.70. The molecule has 1 aliphatic rings. The van der Waals surface area contributed by atoms with Gasteiger partial charge in [-0.1, -0.05) is 29.8 Å². The summed E-state index contributed by atoms with van der Waals surface area (Å²) in [5, 5.41) is 21.2. The van der Waals surface area contributed by atoms with Crippen LogP contribution >= 0.6 is 11.6 Å². The fourth-order valence-electron chi connectivity index (χ4n) is 3.17. The molecule has 1 aliphatic heterocycles. The van der Waals surface area contributed by atoms with Crippen molar-refractivity contribution in [1.29, 1.82) is 5.26 Å². The molecule has 2 aromatic rings. The highest BCUT2D eigenvalue weighted by atomic mass is 35.5. The second-order valence-electron chi connectivity index (χ2n) is 7.87. The Balaban J connectivity index is 0.000000374. The number of alkyl halides is 4. The zero-order chi connectivity index (χ0) is 25.9. The first-order valence-corrected chi connectivity index (χ1v) is 10.8. The van der Waals surface area contributed by atoms with E-state index in [0.717, 1.165) is 32.0 Å². The Morgan fingerprint density at radius 3 is 2.24 bits per heavy atom. The molecule has 0 unspecified atom stereocenters. The molecule has 0 aromatic heterocycles. The summed E-state index contributed by atoms with van der Waals surface area (Å²) in [5.74, 6) is -0.144. The first-order valence-electron chi connectivity index (χ1n) is 10.4. The summed E-state index contributed by atoms with van der Waals surface area (Å²) >= 11 is 5.87. The minimum Gasteiger partial charge on any atom is -0.381 e. The number of anilines is 1. The van der Waals surface area contributed by atoms with Gasteiger partial charge in [-0.3, -0.25) is 9.18 Å². The average Bonchev–Trinajstić information content (AvgIpc) is 3.33. The lowest BCUT2D eigenvalue weighted by molar-refractivity contribution is -0.146. The number of aliphatic hydroxyl groups is 1. The van der Waals surface area contributed by atoms with Crippen LogP contribution in [-0.4, -0.2) is 41.8 Å². The zero-order valence-corrected chi connectivity index (χ0v) is 20.0. The first kappa shape index (κ1) is 29.2. The van der Waals surface area contributed by atoms with Gasteiger partial charge in [-0.05, 0) is 56.5 Å². The molecule has 34 heavy (non-hydrogen) atoms. The van der Waals surface area contributed by atoms with Crippen molar-refractivity contribution < 1.29 is 27.5 Å². The van der Waals surface area contributed by atoms with Crippen molar-refractivity contribution in [2.75, 3.05) is 25.6 Å². The molecule has 2 aromatic carbocycles. The van der Waals surface area contributed by atoms with Gasteiger partial charge in [0.2, 0.25) is 0 Å². The molecule has 0 aliphatic carbocycles. The van der Waals surface area contributed by atoms with Crippen LogP contribution < -0.4 is 5.32 Å². The Morgan fingerprint density at radius 2 is 1.74 bits per heavy atom. The maximum absolute atomic E-state index is 12.9. The fraction of sp³-hybridized carbons (Fsp3) is 0.417. The Hall–Kier alpha value is -2.83. The van der Waals surface area contributed by atoms with Gasteiger partial charge in [0.1, 0.15) is 11.7 Å². The molecule has 3 rings (SSSR count).